The van der Waals surface area contributed by atoms with E-state index in [1.807, 2.05) is 0 Å². The number of hydrogen-bond acceptors (Lipinski definition) is 3. The summed E-state index contributed by atoms with van der Waals surface area (Å²) >= 11 is 1.26. The maximum atomic E-state index is 13.4. The van der Waals surface area contributed by atoms with Crippen molar-refractivity contribution in [2.45, 2.75) is 75.0 Å². The molecule has 1 heterocycles. The van der Waals surface area contributed by atoms with Crippen LogP contribution in [0.3, 0.4) is 0 Å². The average molecular weight is 369 g/mol. The first-order valence-electron chi connectivity index (χ1n) is 9.13. The normalized spacial score (nSPS) is 39.2. The standard InChI is InChI=1S/C17H27F4NOS/c18-14-4-1-12(2-5-14)16(17(19,20)21)22-24-15-6-3-11-7-8-23-10-13(11)9-15/h11-16,22H,1-10H2. The number of alkyl halides is 4. The maximum absolute atomic E-state index is 13.4. The Hall–Kier alpha value is -0.0100. The van der Waals surface area contributed by atoms with Gasteiger partial charge in [0.2, 0.25) is 0 Å². The first-order chi connectivity index (χ1) is 11.4. The molecule has 24 heavy (non-hydrogen) atoms. The quantitative estimate of drug-likeness (QED) is 0.563. The van der Waals surface area contributed by atoms with Gasteiger partial charge >= 0.3 is 6.18 Å². The van der Waals surface area contributed by atoms with E-state index in [-0.39, 0.29) is 18.1 Å². The van der Waals surface area contributed by atoms with E-state index in [0.29, 0.717) is 24.7 Å². The second-order valence-electron chi connectivity index (χ2n) is 7.59. The zero-order valence-electron chi connectivity index (χ0n) is 13.9. The van der Waals surface area contributed by atoms with Crippen LogP contribution in [0.2, 0.25) is 0 Å². The van der Waals surface area contributed by atoms with Crippen molar-refractivity contribution in [1.29, 1.82) is 0 Å². The molecule has 1 N–H and O–H groups in total. The van der Waals surface area contributed by atoms with Crippen LogP contribution < -0.4 is 4.72 Å². The second-order valence-corrected chi connectivity index (χ2v) is 8.72. The highest BCUT2D eigenvalue weighted by Gasteiger charge is 2.46. The van der Waals surface area contributed by atoms with Gasteiger partial charge < -0.3 is 4.74 Å². The van der Waals surface area contributed by atoms with Crippen molar-refractivity contribution in [2.75, 3.05) is 13.2 Å². The zero-order valence-corrected chi connectivity index (χ0v) is 14.7. The fourth-order valence-corrected chi connectivity index (χ4v) is 5.72. The molecule has 2 saturated carbocycles. The summed E-state index contributed by atoms with van der Waals surface area (Å²) < 4.78 is 61.8. The van der Waals surface area contributed by atoms with Crippen LogP contribution in [0.5, 0.6) is 0 Å². The molecule has 0 amide bonds. The Labute approximate surface area is 145 Å². The second kappa shape index (κ2) is 8.12. The Balaban J connectivity index is 1.52. The third-order valence-corrected chi connectivity index (χ3v) is 7.10. The van der Waals surface area contributed by atoms with E-state index in [0.717, 1.165) is 38.9 Å². The summed E-state index contributed by atoms with van der Waals surface area (Å²) in [5.74, 6) is 0.686. The van der Waals surface area contributed by atoms with Crippen LogP contribution in [0.25, 0.3) is 0 Å². The topological polar surface area (TPSA) is 21.3 Å². The van der Waals surface area contributed by atoms with Crippen molar-refractivity contribution >= 4 is 11.9 Å². The van der Waals surface area contributed by atoms with Crippen LogP contribution in [0.4, 0.5) is 17.6 Å². The van der Waals surface area contributed by atoms with Gasteiger partial charge in [-0.2, -0.15) is 13.2 Å². The summed E-state index contributed by atoms with van der Waals surface area (Å²) in [6.45, 7) is 1.58. The Kier molecular flexibility index (Phi) is 6.35. The number of ether oxygens (including phenoxy) is 1. The molecule has 7 heteroatoms. The van der Waals surface area contributed by atoms with E-state index in [2.05, 4.69) is 4.72 Å². The molecule has 2 nitrogen and oxygen atoms in total. The molecule has 3 rings (SSSR count). The first kappa shape index (κ1) is 18.8. The van der Waals surface area contributed by atoms with Gasteiger partial charge in [0, 0.05) is 18.5 Å². The lowest BCUT2D eigenvalue weighted by atomic mass is 9.77. The number of fused-ring (bicyclic) bond motifs is 1. The van der Waals surface area contributed by atoms with Gasteiger partial charge in [-0.05, 0) is 69.1 Å². The maximum Gasteiger partial charge on any atom is 0.404 e. The molecule has 0 aromatic carbocycles. The average Bonchev–Trinajstić information content (AvgIpc) is 2.55. The van der Waals surface area contributed by atoms with Crippen molar-refractivity contribution in [3.8, 4) is 0 Å². The molecule has 3 fully saturated rings. The van der Waals surface area contributed by atoms with E-state index < -0.39 is 24.3 Å². The molecule has 0 spiro atoms. The van der Waals surface area contributed by atoms with E-state index in [9.17, 15) is 17.6 Å². The van der Waals surface area contributed by atoms with Crippen molar-refractivity contribution in [3.05, 3.63) is 0 Å². The largest absolute Gasteiger partial charge is 0.404 e. The lowest BCUT2D eigenvalue weighted by Crippen LogP contribution is -2.47. The van der Waals surface area contributed by atoms with Crippen LogP contribution in [-0.4, -0.2) is 36.9 Å². The molecule has 0 aromatic rings. The van der Waals surface area contributed by atoms with Crippen LogP contribution >= 0.6 is 11.9 Å². The smallest absolute Gasteiger partial charge is 0.381 e. The summed E-state index contributed by atoms with van der Waals surface area (Å²) in [7, 11) is 0. The molecule has 2 aliphatic carbocycles. The summed E-state index contributed by atoms with van der Waals surface area (Å²) in [6.07, 6.45) is 0.0530. The van der Waals surface area contributed by atoms with Crippen molar-refractivity contribution in [3.63, 3.8) is 0 Å². The third-order valence-electron chi connectivity index (χ3n) is 5.94. The minimum Gasteiger partial charge on any atom is -0.381 e. The highest BCUT2D eigenvalue weighted by molar-refractivity contribution is 7.98. The minimum atomic E-state index is -4.27. The van der Waals surface area contributed by atoms with Crippen LogP contribution in [0.15, 0.2) is 0 Å². The van der Waals surface area contributed by atoms with Crippen molar-refractivity contribution in [1.82, 2.24) is 4.72 Å². The van der Waals surface area contributed by atoms with Gasteiger partial charge in [-0.3, -0.25) is 4.72 Å². The third kappa shape index (κ3) is 4.79. The van der Waals surface area contributed by atoms with E-state index in [1.54, 1.807) is 0 Å². The lowest BCUT2D eigenvalue weighted by Gasteiger charge is -2.40. The zero-order chi connectivity index (χ0) is 17.2. The molecule has 3 aliphatic rings. The van der Waals surface area contributed by atoms with E-state index in [1.165, 1.54) is 11.9 Å². The predicted molar refractivity (Wildman–Crippen MR) is 87.5 cm³/mol. The van der Waals surface area contributed by atoms with E-state index >= 15 is 0 Å². The van der Waals surface area contributed by atoms with Crippen LogP contribution in [0.1, 0.15) is 51.4 Å². The Morgan fingerprint density at radius 2 is 1.71 bits per heavy atom. The monoisotopic (exact) mass is 369 g/mol. The first-order valence-corrected chi connectivity index (χ1v) is 10.0. The highest BCUT2D eigenvalue weighted by atomic mass is 32.2. The summed E-state index contributed by atoms with van der Waals surface area (Å²) in [6, 6.07) is -1.52. The molecule has 0 bridgehead atoms. The molecular formula is C17H27F4NOS. The van der Waals surface area contributed by atoms with Crippen molar-refractivity contribution < 1.29 is 22.3 Å². The predicted octanol–water partition coefficient (Wildman–Crippen LogP) is 4.89. The number of nitrogens with one attached hydrogen (secondary N) is 1. The Bertz CT molecular complexity index is 401. The Morgan fingerprint density at radius 3 is 2.42 bits per heavy atom. The minimum absolute atomic E-state index is 0.218. The van der Waals surface area contributed by atoms with Gasteiger partial charge in [0.05, 0.1) is 0 Å². The number of rotatable bonds is 4. The molecule has 1 saturated heterocycles. The molecule has 4 unspecified atom stereocenters. The van der Waals surface area contributed by atoms with Gasteiger partial charge in [-0.1, -0.05) is 11.9 Å². The molecular weight excluding hydrogens is 342 g/mol. The molecule has 1 aliphatic heterocycles. The summed E-state index contributed by atoms with van der Waals surface area (Å²) in [4.78, 5) is 0. The van der Waals surface area contributed by atoms with Gasteiger partial charge in [-0.15, -0.1) is 0 Å². The molecule has 4 atom stereocenters. The number of hydrogen-bond donors (Lipinski definition) is 1. The van der Waals surface area contributed by atoms with Gasteiger partial charge in [0.15, 0.2) is 0 Å². The molecule has 0 aromatic heterocycles. The van der Waals surface area contributed by atoms with Crippen molar-refractivity contribution in [2.24, 2.45) is 17.8 Å². The molecule has 0 radical (unpaired) electrons. The lowest BCUT2D eigenvalue weighted by molar-refractivity contribution is -0.165. The SMILES string of the molecule is FC1CCC(C(NSC2CCC3CCOCC3C2)C(F)(F)F)CC1. The Morgan fingerprint density at radius 1 is 0.958 bits per heavy atom. The number of halogens is 4. The van der Waals surface area contributed by atoms with Gasteiger partial charge in [0.1, 0.15) is 12.2 Å². The highest BCUT2D eigenvalue weighted by Crippen LogP contribution is 2.41. The van der Waals surface area contributed by atoms with E-state index in [4.69, 9.17) is 4.74 Å². The fraction of sp³-hybridized carbons (Fsp3) is 1.00. The van der Waals surface area contributed by atoms with Crippen LogP contribution in [0, 0.1) is 17.8 Å². The van der Waals surface area contributed by atoms with Crippen LogP contribution in [-0.2, 0) is 4.74 Å². The fourth-order valence-electron chi connectivity index (χ4n) is 4.46. The summed E-state index contributed by atoms with van der Waals surface area (Å²) in [5, 5.41) is 0.218. The van der Waals surface area contributed by atoms with Gasteiger partial charge in [0.25, 0.3) is 0 Å². The van der Waals surface area contributed by atoms with Gasteiger partial charge in [-0.25, -0.2) is 4.39 Å². The molecule has 140 valence electrons. The summed E-state index contributed by atoms with van der Waals surface area (Å²) in [5.41, 5.74) is 0.